The highest BCUT2D eigenvalue weighted by Crippen LogP contribution is 2.37. The molecule has 5 rings (SSSR count). The van der Waals surface area contributed by atoms with E-state index in [-0.39, 0.29) is 19.1 Å². The first-order valence-corrected chi connectivity index (χ1v) is 14.8. The van der Waals surface area contributed by atoms with E-state index in [9.17, 15) is 40.1 Å². The third kappa shape index (κ3) is 6.51. The molecule has 4 N–H and O–H groups in total. The van der Waals surface area contributed by atoms with Crippen LogP contribution >= 0.6 is 0 Å². The molecule has 246 valence electrons. The van der Waals surface area contributed by atoms with Crippen LogP contribution in [-0.4, -0.2) is 131 Å². The van der Waals surface area contributed by atoms with Crippen molar-refractivity contribution in [2.24, 2.45) is 5.92 Å². The van der Waals surface area contributed by atoms with Gasteiger partial charge in [-0.2, -0.15) is 10.4 Å². The van der Waals surface area contributed by atoms with E-state index in [0.717, 1.165) is 36.1 Å². The van der Waals surface area contributed by atoms with Gasteiger partial charge in [0, 0.05) is 50.5 Å². The summed E-state index contributed by atoms with van der Waals surface area (Å²) in [6.07, 6.45) is 0.781. The molecule has 1 saturated carbocycles. The lowest BCUT2D eigenvalue weighted by atomic mass is 9.96. The Labute approximate surface area is 263 Å². The van der Waals surface area contributed by atoms with Gasteiger partial charge in [-0.05, 0) is 24.8 Å². The summed E-state index contributed by atoms with van der Waals surface area (Å²) < 4.78 is 13.2. The van der Waals surface area contributed by atoms with E-state index in [1.165, 1.54) is 29.9 Å². The van der Waals surface area contributed by atoms with E-state index in [0.29, 0.717) is 29.1 Å². The maximum Gasteiger partial charge on any atom is 0.411 e. The second-order valence-electron chi connectivity index (χ2n) is 11.6. The normalized spacial score (nSPS) is 24.0. The summed E-state index contributed by atoms with van der Waals surface area (Å²) in [6.45, 7) is 0.0182. The first-order valence-electron chi connectivity index (χ1n) is 14.8. The van der Waals surface area contributed by atoms with Crippen molar-refractivity contribution in [2.45, 2.75) is 68.9 Å². The standard InChI is InChI=1S/C29H36N8O9/c1-34(11-12-35(2)29(44)46-27-23(40)21(38)22(39)24(45-27)26(41)42)28(43)36-10-8-18-20(31-15-32-25(18)36)17-13-33-37(14-17)19(7-9-30)16-5-3-4-6-16/h8,10,13-16,19,21-24,27,38-40H,3-7,11-12H2,1-2H3,(H,41,42)/t19?,21-,22-,23+,24-,27-/m0/s1. The molecule has 0 radical (unpaired) electrons. The molecule has 0 bridgehead atoms. The number of carbonyl (C=O) groups excluding carboxylic acids is 2. The number of rotatable bonds is 9. The van der Waals surface area contributed by atoms with E-state index in [1.807, 2.05) is 10.9 Å². The van der Waals surface area contributed by atoms with Crippen molar-refractivity contribution in [1.82, 2.24) is 34.1 Å². The number of carbonyl (C=O) groups is 3. The maximum absolute atomic E-state index is 13.4. The third-order valence-corrected chi connectivity index (χ3v) is 8.59. The number of hydrogen-bond acceptors (Lipinski definition) is 12. The minimum atomic E-state index is -1.92. The Balaban J connectivity index is 1.23. The van der Waals surface area contributed by atoms with Gasteiger partial charge in [-0.1, -0.05) is 12.8 Å². The Morgan fingerprint density at radius 1 is 1.11 bits per heavy atom. The van der Waals surface area contributed by atoms with Gasteiger partial charge in [-0.25, -0.2) is 24.4 Å². The van der Waals surface area contributed by atoms with Crippen molar-refractivity contribution in [1.29, 1.82) is 5.26 Å². The zero-order valence-corrected chi connectivity index (χ0v) is 25.3. The molecule has 2 aliphatic rings. The Morgan fingerprint density at radius 2 is 1.83 bits per heavy atom. The average molecular weight is 641 g/mol. The van der Waals surface area contributed by atoms with Crippen LogP contribution in [0.15, 0.2) is 31.0 Å². The average Bonchev–Trinajstić information content (AvgIpc) is 3.83. The first-order chi connectivity index (χ1) is 22.0. The third-order valence-electron chi connectivity index (χ3n) is 8.59. The molecule has 0 aromatic carbocycles. The molecule has 1 unspecified atom stereocenters. The van der Waals surface area contributed by atoms with Crippen LogP contribution in [0.5, 0.6) is 0 Å². The van der Waals surface area contributed by atoms with Crippen LogP contribution < -0.4 is 0 Å². The summed E-state index contributed by atoms with van der Waals surface area (Å²) in [5.41, 5.74) is 1.68. The van der Waals surface area contributed by atoms with E-state index >= 15 is 0 Å². The smallest absolute Gasteiger partial charge is 0.411 e. The molecule has 4 heterocycles. The van der Waals surface area contributed by atoms with Crippen molar-refractivity contribution in [3.05, 3.63) is 31.0 Å². The fraction of sp³-hybridized carbons (Fsp3) is 0.552. The largest absolute Gasteiger partial charge is 0.479 e. The van der Waals surface area contributed by atoms with Gasteiger partial charge in [0.25, 0.3) is 0 Å². The lowest BCUT2D eigenvalue weighted by Gasteiger charge is -2.38. The molecule has 17 nitrogen and oxygen atoms in total. The van der Waals surface area contributed by atoms with Crippen molar-refractivity contribution >= 4 is 29.1 Å². The highest BCUT2D eigenvalue weighted by atomic mass is 16.7. The minimum Gasteiger partial charge on any atom is -0.479 e. The summed E-state index contributed by atoms with van der Waals surface area (Å²) in [7, 11) is 2.88. The quantitative estimate of drug-likeness (QED) is 0.254. The van der Waals surface area contributed by atoms with Crippen molar-refractivity contribution in [2.75, 3.05) is 27.2 Å². The minimum absolute atomic E-state index is 0.0183. The summed E-state index contributed by atoms with van der Waals surface area (Å²) in [4.78, 5) is 48.5. The predicted molar refractivity (Wildman–Crippen MR) is 157 cm³/mol. The van der Waals surface area contributed by atoms with Gasteiger partial charge in [0.15, 0.2) is 11.8 Å². The molecule has 1 saturated heterocycles. The highest BCUT2D eigenvalue weighted by Gasteiger charge is 2.48. The number of aromatic nitrogens is 5. The maximum atomic E-state index is 13.4. The topological polar surface area (TPSA) is 229 Å². The van der Waals surface area contributed by atoms with Crippen LogP contribution in [0.25, 0.3) is 22.3 Å². The van der Waals surface area contributed by atoms with Gasteiger partial charge in [0.05, 0.1) is 30.4 Å². The Morgan fingerprint density at radius 3 is 2.52 bits per heavy atom. The molecular weight excluding hydrogens is 604 g/mol. The van der Waals surface area contributed by atoms with Crippen molar-refractivity contribution < 1.29 is 44.3 Å². The van der Waals surface area contributed by atoms with E-state index in [1.54, 1.807) is 18.5 Å². The Hall–Kier alpha value is -4.63. The number of hydrogen-bond donors (Lipinski definition) is 4. The number of aliphatic hydroxyl groups excluding tert-OH is 3. The first kappa shape index (κ1) is 32.8. The van der Waals surface area contributed by atoms with Crippen LogP contribution in [0.2, 0.25) is 0 Å². The zero-order chi connectivity index (χ0) is 33.1. The second-order valence-corrected chi connectivity index (χ2v) is 11.6. The molecule has 1 aliphatic heterocycles. The molecule has 0 spiro atoms. The SMILES string of the molecule is CN(CCN(C)C(=O)n1ccc2c(-c3cnn(C(CC#N)C4CCCC4)c3)ncnc21)C(=O)O[C@@H]1O[C@H](C(=O)O)[C@@H](O)[C@H](O)[C@H]1O. The van der Waals surface area contributed by atoms with Crippen LogP contribution in [0, 0.1) is 17.2 Å². The van der Waals surface area contributed by atoms with Crippen LogP contribution in [0.4, 0.5) is 9.59 Å². The second kappa shape index (κ2) is 13.8. The van der Waals surface area contributed by atoms with E-state index in [4.69, 9.17) is 9.47 Å². The van der Waals surface area contributed by atoms with Gasteiger partial charge in [0.1, 0.15) is 24.6 Å². The fourth-order valence-corrected chi connectivity index (χ4v) is 5.90. The van der Waals surface area contributed by atoms with Crippen LogP contribution in [0.3, 0.4) is 0 Å². The summed E-state index contributed by atoms with van der Waals surface area (Å²) in [5.74, 6) is -1.21. The molecule has 2 amide bonds. The van der Waals surface area contributed by atoms with Crippen LogP contribution in [0.1, 0.15) is 38.1 Å². The number of fused-ring (bicyclic) bond motifs is 1. The molecule has 3 aromatic rings. The molecule has 1 aliphatic carbocycles. The molecule has 2 fully saturated rings. The van der Waals surface area contributed by atoms with Gasteiger partial charge < -0.3 is 39.7 Å². The Kier molecular flexibility index (Phi) is 9.82. The van der Waals surface area contributed by atoms with Gasteiger partial charge in [0.2, 0.25) is 6.29 Å². The predicted octanol–water partition coefficient (Wildman–Crippen LogP) is 0.800. The summed E-state index contributed by atoms with van der Waals surface area (Å²) >= 11 is 0. The molecule has 6 atom stereocenters. The molecule has 17 heteroatoms. The number of carboxylic acid groups (broad SMARTS) is 1. The Bertz CT molecular complexity index is 1610. The lowest BCUT2D eigenvalue weighted by Crippen LogP contribution is -2.61. The number of aliphatic hydroxyl groups is 3. The molecular formula is C29H36N8O9. The number of ether oxygens (including phenoxy) is 2. The number of nitrogens with zero attached hydrogens (tertiary/aromatic N) is 8. The van der Waals surface area contributed by atoms with Gasteiger partial charge >= 0.3 is 18.1 Å². The number of carboxylic acids is 1. The fourth-order valence-electron chi connectivity index (χ4n) is 5.90. The number of aliphatic carboxylic acids is 1. The molecule has 3 aromatic heterocycles. The number of amides is 2. The highest BCUT2D eigenvalue weighted by molar-refractivity contribution is 5.96. The summed E-state index contributed by atoms with van der Waals surface area (Å²) in [5, 5.41) is 53.6. The summed E-state index contributed by atoms with van der Waals surface area (Å²) in [6, 6.07) is 3.55. The van der Waals surface area contributed by atoms with Crippen LogP contribution in [-0.2, 0) is 14.3 Å². The monoisotopic (exact) mass is 640 g/mol. The van der Waals surface area contributed by atoms with E-state index in [2.05, 4.69) is 21.1 Å². The molecule has 46 heavy (non-hydrogen) atoms. The van der Waals surface area contributed by atoms with Gasteiger partial charge in [-0.3, -0.25) is 9.25 Å². The number of likely N-dealkylation sites (N-methyl/N-ethyl adjacent to an activating group) is 2. The lowest BCUT2D eigenvalue weighted by molar-refractivity contribution is -0.279. The number of nitriles is 1. The van der Waals surface area contributed by atoms with E-state index < -0.39 is 48.8 Å². The van der Waals surface area contributed by atoms with Crippen molar-refractivity contribution in [3.8, 4) is 17.3 Å². The zero-order valence-electron chi connectivity index (χ0n) is 25.3. The van der Waals surface area contributed by atoms with Gasteiger partial charge in [-0.15, -0.1) is 0 Å². The van der Waals surface area contributed by atoms with Crippen molar-refractivity contribution in [3.63, 3.8) is 0 Å².